The van der Waals surface area contributed by atoms with Crippen LogP contribution in [0.4, 0.5) is 5.69 Å². The molecule has 3 aromatic carbocycles. The fraction of sp³-hybridized carbons (Fsp3) is 0.300. The summed E-state index contributed by atoms with van der Waals surface area (Å²) in [4.78, 5) is 15.8. The van der Waals surface area contributed by atoms with E-state index in [1.54, 1.807) is 6.07 Å². The van der Waals surface area contributed by atoms with Gasteiger partial charge in [0.15, 0.2) is 0 Å². The van der Waals surface area contributed by atoms with Gasteiger partial charge >= 0.3 is 0 Å². The molecule has 198 valence electrons. The summed E-state index contributed by atoms with van der Waals surface area (Å²) >= 11 is 0. The molecule has 0 radical (unpaired) electrons. The fourth-order valence-electron chi connectivity index (χ4n) is 5.11. The van der Waals surface area contributed by atoms with Gasteiger partial charge in [-0.2, -0.15) is 0 Å². The Morgan fingerprint density at radius 3 is 2.13 bits per heavy atom. The highest BCUT2D eigenvalue weighted by atomic mass is 35.5. The molecule has 1 saturated heterocycles. The summed E-state index contributed by atoms with van der Waals surface area (Å²) in [7, 11) is 0. The third-order valence-corrected chi connectivity index (χ3v) is 7.06. The highest BCUT2D eigenvalue weighted by molar-refractivity contribution is 5.85. The van der Waals surface area contributed by atoms with Crippen LogP contribution in [0.3, 0.4) is 0 Å². The van der Waals surface area contributed by atoms with E-state index in [4.69, 9.17) is 4.52 Å². The maximum atomic E-state index is 11.0. The Morgan fingerprint density at radius 1 is 0.842 bits per heavy atom. The van der Waals surface area contributed by atoms with Crippen molar-refractivity contribution in [3.8, 4) is 11.3 Å². The average molecular weight is 533 g/mol. The van der Waals surface area contributed by atoms with Gasteiger partial charge in [-0.3, -0.25) is 15.0 Å². The number of piperazine rings is 1. The van der Waals surface area contributed by atoms with Crippen LogP contribution in [0.2, 0.25) is 0 Å². The van der Waals surface area contributed by atoms with Crippen molar-refractivity contribution in [2.75, 3.05) is 32.7 Å². The van der Waals surface area contributed by atoms with E-state index in [1.165, 1.54) is 23.3 Å². The smallest absolute Gasteiger partial charge is 0.270 e. The number of unbranched alkanes of at least 4 members (excludes halogenated alkanes) is 1. The molecule has 1 aliphatic rings. The maximum absolute atomic E-state index is 11.0. The zero-order chi connectivity index (χ0) is 25.5. The van der Waals surface area contributed by atoms with Crippen LogP contribution in [-0.2, 0) is 6.42 Å². The molecule has 0 amide bonds. The van der Waals surface area contributed by atoms with Crippen molar-refractivity contribution in [2.45, 2.75) is 25.3 Å². The SMILES string of the molecule is Cl.O=[N+]([O-])c1cccc(-c2cc(CCCCN3CCN(C(c4ccccc4)c4ccccc4)CC3)on2)c1. The second-order valence-electron chi connectivity index (χ2n) is 9.54. The monoisotopic (exact) mass is 532 g/mol. The molecule has 0 aliphatic carbocycles. The molecular weight excluding hydrogens is 500 g/mol. The first-order chi connectivity index (χ1) is 18.2. The van der Waals surface area contributed by atoms with E-state index in [-0.39, 0.29) is 24.1 Å². The van der Waals surface area contributed by atoms with Gasteiger partial charge in [0.05, 0.1) is 11.0 Å². The number of nitrogens with zero attached hydrogens (tertiary/aromatic N) is 4. The summed E-state index contributed by atoms with van der Waals surface area (Å²) in [5.74, 6) is 0.819. The minimum absolute atomic E-state index is 0. The van der Waals surface area contributed by atoms with Gasteiger partial charge in [0, 0.05) is 56.4 Å². The third kappa shape index (κ3) is 6.86. The number of non-ortho nitro benzene ring substituents is 1. The third-order valence-electron chi connectivity index (χ3n) is 7.06. The molecule has 4 aromatic rings. The van der Waals surface area contributed by atoms with Crippen molar-refractivity contribution >= 4 is 18.1 Å². The van der Waals surface area contributed by atoms with Crippen LogP contribution < -0.4 is 0 Å². The highest BCUT2D eigenvalue weighted by Crippen LogP contribution is 2.29. The van der Waals surface area contributed by atoms with E-state index in [1.807, 2.05) is 12.1 Å². The number of benzene rings is 3. The molecule has 0 spiro atoms. The standard InChI is InChI=1S/C30H32N4O3.ClH/c35-34(36)27-15-9-14-26(22-27)29-23-28(37-31-29)16-7-8-17-32-18-20-33(21-19-32)30(24-10-3-1-4-11-24)25-12-5-2-6-13-25;/h1-6,9-15,22-23,30H,7-8,16-21H2;1H. The van der Waals surface area contributed by atoms with Crippen molar-refractivity contribution in [3.05, 3.63) is 118 Å². The van der Waals surface area contributed by atoms with Crippen LogP contribution in [0.1, 0.15) is 35.8 Å². The lowest BCUT2D eigenvalue weighted by Crippen LogP contribution is -2.48. The Kier molecular flexibility index (Phi) is 9.65. The van der Waals surface area contributed by atoms with Crippen molar-refractivity contribution in [1.82, 2.24) is 15.0 Å². The number of hydrogen-bond acceptors (Lipinski definition) is 6. The van der Waals surface area contributed by atoms with E-state index in [0.717, 1.165) is 57.7 Å². The van der Waals surface area contributed by atoms with Gasteiger partial charge in [-0.05, 0) is 30.5 Å². The molecule has 0 atom stereocenters. The Hall–Kier alpha value is -3.52. The molecular formula is C30H33ClN4O3. The highest BCUT2D eigenvalue weighted by Gasteiger charge is 2.26. The molecule has 1 aliphatic heterocycles. The van der Waals surface area contributed by atoms with Crippen molar-refractivity contribution in [1.29, 1.82) is 0 Å². The number of hydrogen-bond donors (Lipinski definition) is 0. The zero-order valence-corrected chi connectivity index (χ0v) is 22.1. The summed E-state index contributed by atoms with van der Waals surface area (Å²) in [6, 6.07) is 30.3. The first kappa shape index (κ1) is 27.5. The van der Waals surface area contributed by atoms with Crippen molar-refractivity contribution in [3.63, 3.8) is 0 Å². The molecule has 0 N–H and O–H groups in total. The Labute approximate surface area is 229 Å². The molecule has 8 heteroatoms. The molecule has 1 fully saturated rings. The predicted molar refractivity (Wildman–Crippen MR) is 152 cm³/mol. The number of nitro groups is 1. The quantitative estimate of drug-likeness (QED) is 0.134. The van der Waals surface area contributed by atoms with E-state index in [0.29, 0.717) is 11.3 Å². The normalized spacial score (nSPS) is 14.3. The van der Waals surface area contributed by atoms with E-state index in [2.05, 4.69) is 75.6 Å². The summed E-state index contributed by atoms with van der Waals surface area (Å²) in [5.41, 5.74) is 4.09. The molecule has 38 heavy (non-hydrogen) atoms. The summed E-state index contributed by atoms with van der Waals surface area (Å²) in [6.07, 6.45) is 2.92. The van der Waals surface area contributed by atoms with Crippen LogP contribution >= 0.6 is 12.4 Å². The first-order valence-corrected chi connectivity index (χ1v) is 12.9. The van der Waals surface area contributed by atoms with Crippen LogP contribution in [0.15, 0.2) is 95.5 Å². The Balaban J connectivity index is 0.00000336. The van der Waals surface area contributed by atoms with Crippen LogP contribution in [0, 0.1) is 10.1 Å². The predicted octanol–water partition coefficient (Wildman–Crippen LogP) is 6.40. The van der Waals surface area contributed by atoms with Gasteiger partial charge < -0.3 is 9.42 Å². The van der Waals surface area contributed by atoms with Crippen molar-refractivity contribution in [2.24, 2.45) is 0 Å². The van der Waals surface area contributed by atoms with Crippen LogP contribution in [-0.4, -0.2) is 52.6 Å². The number of halogens is 1. The second-order valence-corrected chi connectivity index (χ2v) is 9.54. The largest absolute Gasteiger partial charge is 0.361 e. The molecule has 0 bridgehead atoms. The summed E-state index contributed by atoms with van der Waals surface area (Å²) < 4.78 is 5.50. The van der Waals surface area contributed by atoms with E-state index >= 15 is 0 Å². The molecule has 1 aromatic heterocycles. The minimum Gasteiger partial charge on any atom is -0.361 e. The lowest BCUT2D eigenvalue weighted by molar-refractivity contribution is -0.384. The minimum atomic E-state index is -0.395. The summed E-state index contributed by atoms with van der Waals surface area (Å²) in [5, 5.41) is 15.1. The van der Waals surface area contributed by atoms with Gasteiger partial charge in [0.2, 0.25) is 0 Å². The van der Waals surface area contributed by atoms with Gasteiger partial charge in [-0.1, -0.05) is 78.0 Å². The number of nitro benzene ring substituents is 1. The molecule has 7 nitrogen and oxygen atoms in total. The van der Waals surface area contributed by atoms with Crippen molar-refractivity contribution < 1.29 is 9.45 Å². The van der Waals surface area contributed by atoms with Crippen LogP contribution in [0.5, 0.6) is 0 Å². The van der Waals surface area contributed by atoms with Crippen LogP contribution in [0.25, 0.3) is 11.3 Å². The lowest BCUT2D eigenvalue weighted by Gasteiger charge is -2.39. The Bertz CT molecular complexity index is 1250. The number of aromatic nitrogens is 1. The topological polar surface area (TPSA) is 75.7 Å². The fourth-order valence-corrected chi connectivity index (χ4v) is 5.11. The number of aryl methyl sites for hydroxylation is 1. The lowest BCUT2D eigenvalue weighted by atomic mass is 9.96. The first-order valence-electron chi connectivity index (χ1n) is 12.9. The van der Waals surface area contributed by atoms with Gasteiger partial charge in [0.1, 0.15) is 11.5 Å². The second kappa shape index (κ2) is 13.3. The van der Waals surface area contributed by atoms with E-state index < -0.39 is 4.92 Å². The average Bonchev–Trinajstić information content (AvgIpc) is 3.42. The summed E-state index contributed by atoms with van der Waals surface area (Å²) in [6.45, 7) is 5.29. The molecule has 0 unspecified atom stereocenters. The molecule has 5 rings (SSSR count). The number of rotatable bonds is 10. The molecule has 0 saturated carbocycles. The van der Waals surface area contributed by atoms with Gasteiger partial charge in [-0.15, -0.1) is 12.4 Å². The molecule has 2 heterocycles. The van der Waals surface area contributed by atoms with E-state index in [9.17, 15) is 10.1 Å². The maximum Gasteiger partial charge on any atom is 0.270 e. The van der Waals surface area contributed by atoms with Gasteiger partial charge in [-0.25, -0.2) is 0 Å². The zero-order valence-electron chi connectivity index (χ0n) is 21.3. The van der Waals surface area contributed by atoms with Gasteiger partial charge in [0.25, 0.3) is 5.69 Å². The Morgan fingerprint density at radius 2 is 1.50 bits per heavy atom.